The molecule has 3 heterocycles. The summed E-state index contributed by atoms with van der Waals surface area (Å²) >= 11 is 0. The van der Waals surface area contributed by atoms with Crippen LogP contribution in [0.5, 0.6) is 5.75 Å². The molecule has 0 aliphatic carbocycles. The van der Waals surface area contributed by atoms with Gasteiger partial charge in [-0.2, -0.15) is 10.4 Å². The number of carbonyl (C=O) groups is 1. The molecule has 252 valence electrons. The Bertz CT molecular complexity index is 2070. The van der Waals surface area contributed by atoms with Crippen molar-refractivity contribution < 1.29 is 27.4 Å². The molecular weight excluding hydrogens is 633 g/mol. The predicted molar refractivity (Wildman–Crippen MR) is 180 cm³/mol. The maximum absolute atomic E-state index is 16.3. The predicted octanol–water partition coefficient (Wildman–Crippen LogP) is 7.48. The molecule has 12 heteroatoms. The first-order valence-electron chi connectivity index (χ1n) is 15.8. The molecule has 6 rings (SSSR count). The lowest BCUT2D eigenvalue weighted by molar-refractivity contribution is 0.0240. The van der Waals surface area contributed by atoms with Crippen molar-refractivity contribution >= 4 is 22.8 Å². The second-order valence-electron chi connectivity index (χ2n) is 12.9. The Balaban J connectivity index is 1.54. The van der Waals surface area contributed by atoms with Crippen LogP contribution in [-0.4, -0.2) is 64.6 Å². The van der Waals surface area contributed by atoms with Crippen molar-refractivity contribution in [1.29, 1.82) is 5.26 Å². The van der Waals surface area contributed by atoms with Crippen molar-refractivity contribution in [3.8, 4) is 34.2 Å². The summed E-state index contributed by atoms with van der Waals surface area (Å²) in [7, 11) is 1.58. The summed E-state index contributed by atoms with van der Waals surface area (Å²) in [6.07, 6.45) is -0.430. The number of carbonyl (C=O) groups excluding carboxylic acids is 1. The van der Waals surface area contributed by atoms with Gasteiger partial charge < -0.3 is 19.3 Å². The number of fused-ring (bicyclic) bond motifs is 1. The van der Waals surface area contributed by atoms with E-state index in [4.69, 9.17) is 19.6 Å². The van der Waals surface area contributed by atoms with E-state index >= 15 is 4.39 Å². The van der Waals surface area contributed by atoms with E-state index in [9.17, 15) is 18.8 Å². The summed E-state index contributed by atoms with van der Waals surface area (Å²) in [5.41, 5.74) is 1.81. The molecule has 49 heavy (non-hydrogen) atoms. The number of hydrogen-bond acceptors (Lipinski definition) is 7. The summed E-state index contributed by atoms with van der Waals surface area (Å²) in [6, 6.07) is 17.1. The molecule has 3 aromatic carbocycles. The van der Waals surface area contributed by atoms with E-state index in [1.807, 2.05) is 29.2 Å². The van der Waals surface area contributed by atoms with Crippen LogP contribution in [0, 0.1) is 35.7 Å². The highest BCUT2D eigenvalue weighted by Gasteiger charge is 2.31. The van der Waals surface area contributed by atoms with Gasteiger partial charge in [0.15, 0.2) is 5.65 Å². The van der Waals surface area contributed by atoms with E-state index in [-0.39, 0.29) is 34.5 Å². The largest absolute Gasteiger partial charge is 0.497 e. The summed E-state index contributed by atoms with van der Waals surface area (Å²) in [6.45, 7) is 8.80. The van der Waals surface area contributed by atoms with Gasteiger partial charge in [0.25, 0.3) is 0 Å². The lowest BCUT2D eigenvalue weighted by Crippen LogP contribution is -2.50. The molecule has 1 saturated heterocycles. The zero-order chi connectivity index (χ0) is 35.0. The average molecular weight is 669 g/mol. The number of nitrogens with zero attached hydrogens (tertiary/aromatic N) is 6. The number of benzene rings is 3. The van der Waals surface area contributed by atoms with Gasteiger partial charge in [-0.05, 0) is 69.7 Å². The molecule has 0 atom stereocenters. The van der Waals surface area contributed by atoms with Gasteiger partial charge in [-0.25, -0.2) is 27.6 Å². The number of aromatic nitrogens is 3. The van der Waals surface area contributed by atoms with Gasteiger partial charge in [0.2, 0.25) is 0 Å². The van der Waals surface area contributed by atoms with Crippen LogP contribution in [0.25, 0.3) is 33.4 Å². The molecule has 1 aliphatic rings. The highest BCUT2D eigenvalue weighted by Crippen LogP contribution is 2.44. The van der Waals surface area contributed by atoms with Gasteiger partial charge in [0, 0.05) is 54.6 Å². The average Bonchev–Trinajstić information content (AvgIpc) is 3.37. The molecule has 2 aromatic heterocycles. The van der Waals surface area contributed by atoms with Crippen LogP contribution in [0.2, 0.25) is 0 Å². The Morgan fingerprint density at radius 1 is 0.959 bits per heavy atom. The van der Waals surface area contributed by atoms with Crippen molar-refractivity contribution in [2.24, 2.45) is 0 Å². The SMILES string of the molecule is COc1ccc(Cn2nc(C)c3c(-c4c(F)cccc4N4CCN(C(=O)OC(C)(C)C)CC4)c(C#N)c(-c4cc(F)cc(F)c4)nc32)cc1. The zero-order valence-electron chi connectivity index (χ0n) is 27.9. The maximum atomic E-state index is 16.3. The van der Waals surface area contributed by atoms with E-state index in [2.05, 4.69) is 6.07 Å². The Morgan fingerprint density at radius 3 is 2.24 bits per heavy atom. The smallest absolute Gasteiger partial charge is 0.410 e. The van der Waals surface area contributed by atoms with E-state index in [1.165, 1.54) is 6.07 Å². The van der Waals surface area contributed by atoms with E-state index < -0.39 is 29.1 Å². The number of ether oxygens (including phenoxy) is 2. The normalized spacial score (nSPS) is 13.4. The molecule has 0 radical (unpaired) electrons. The van der Waals surface area contributed by atoms with Gasteiger partial charge in [-0.15, -0.1) is 0 Å². The Hall–Kier alpha value is -5.57. The van der Waals surface area contributed by atoms with Crippen LogP contribution in [-0.2, 0) is 11.3 Å². The van der Waals surface area contributed by atoms with Crippen molar-refractivity contribution in [3.63, 3.8) is 0 Å². The van der Waals surface area contributed by atoms with Crippen LogP contribution in [0.4, 0.5) is 23.7 Å². The number of pyridine rings is 1. The molecule has 0 bridgehead atoms. The molecule has 9 nitrogen and oxygen atoms in total. The highest BCUT2D eigenvalue weighted by atomic mass is 19.1. The number of amides is 1. The van der Waals surface area contributed by atoms with Gasteiger partial charge in [-0.3, -0.25) is 0 Å². The number of rotatable bonds is 6. The minimum atomic E-state index is -0.848. The van der Waals surface area contributed by atoms with Crippen molar-refractivity contribution in [2.75, 3.05) is 38.2 Å². The fraction of sp³-hybridized carbons (Fsp3) is 0.297. The summed E-state index contributed by atoms with van der Waals surface area (Å²) in [5, 5.41) is 15.9. The van der Waals surface area contributed by atoms with Crippen molar-refractivity contribution in [1.82, 2.24) is 19.7 Å². The fourth-order valence-corrected chi connectivity index (χ4v) is 6.13. The van der Waals surface area contributed by atoms with Crippen LogP contribution >= 0.6 is 0 Å². The molecule has 1 fully saturated rings. The molecule has 1 aliphatic heterocycles. The first-order chi connectivity index (χ1) is 23.4. The molecule has 1 amide bonds. The van der Waals surface area contributed by atoms with Crippen LogP contribution < -0.4 is 9.64 Å². The Labute approximate surface area is 282 Å². The topological polar surface area (TPSA) is 96.5 Å². The Morgan fingerprint density at radius 2 is 1.63 bits per heavy atom. The van der Waals surface area contributed by atoms with Crippen LogP contribution in [0.1, 0.15) is 37.6 Å². The van der Waals surface area contributed by atoms with E-state index in [0.717, 1.165) is 23.8 Å². The molecule has 5 aromatic rings. The highest BCUT2D eigenvalue weighted by molar-refractivity contribution is 6.04. The van der Waals surface area contributed by atoms with Gasteiger partial charge in [0.1, 0.15) is 34.9 Å². The summed E-state index contributed by atoms with van der Waals surface area (Å²) in [4.78, 5) is 21.1. The third kappa shape index (κ3) is 6.74. The van der Waals surface area contributed by atoms with E-state index in [1.54, 1.807) is 56.5 Å². The summed E-state index contributed by atoms with van der Waals surface area (Å²) < 4.78 is 58.0. The first kappa shape index (κ1) is 33.3. The molecule has 0 saturated carbocycles. The second-order valence-corrected chi connectivity index (χ2v) is 12.9. The number of piperazine rings is 1. The number of nitriles is 1. The van der Waals surface area contributed by atoms with Gasteiger partial charge >= 0.3 is 6.09 Å². The monoisotopic (exact) mass is 668 g/mol. The van der Waals surface area contributed by atoms with Crippen LogP contribution in [0.3, 0.4) is 0 Å². The molecule has 0 unspecified atom stereocenters. The maximum Gasteiger partial charge on any atom is 0.410 e. The fourth-order valence-electron chi connectivity index (χ4n) is 6.13. The third-order valence-corrected chi connectivity index (χ3v) is 8.31. The number of aryl methyl sites for hydroxylation is 1. The number of halogens is 3. The second kappa shape index (κ2) is 13.1. The molecule has 0 N–H and O–H groups in total. The van der Waals surface area contributed by atoms with Gasteiger partial charge in [0.05, 0.1) is 36.0 Å². The number of methoxy groups -OCH3 is 1. The van der Waals surface area contributed by atoms with Crippen molar-refractivity contribution in [3.05, 3.63) is 94.9 Å². The van der Waals surface area contributed by atoms with E-state index in [0.29, 0.717) is 54.3 Å². The summed E-state index contributed by atoms with van der Waals surface area (Å²) in [5.74, 6) is -1.62. The number of hydrogen-bond donors (Lipinski definition) is 0. The van der Waals surface area contributed by atoms with Crippen LogP contribution in [0.15, 0.2) is 60.7 Å². The standard InChI is InChI=1S/C37H35F3N6O3/c1-22-31-32(33-29(40)7-6-8-30(33)44-13-15-45(16-14-44)36(47)49-37(2,3)4)28(20-41)34(24-17-25(38)19-26(39)18-24)42-35(31)46(43-22)21-23-9-11-27(48-5)12-10-23/h6-12,17-19H,13-16,21H2,1-5H3. The lowest BCUT2D eigenvalue weighted by atomic mass is 9.91. The third-order valence-electron chi connectivity index (χ3n) is 8.31. The molecular formula is C37H35F3N6O3. The first-order valence-corrected chi connectivity index (χ1v) is 15.8. The Kier molecular flexibility index (Phi) is 8.94. The minimum absolute atomic E-state index is 0.0109. The minimum Gasteiger partial charge on any atom is -0.497 e. The lowest BCUT2D eigenvalue weighted by Gasteiger charge is -2.37. The zero-order valence-corrected chi connectivity index (χ0v) is 27.9. The van der Waals surface area contributed by atoms with Crippen molar-refractivity contribution in [2.45, 2.75) is 39.8 Å². The van der Waals surface area contributed by atoms with Gasteiger partial charge in [-0.1, -0.05) is 18.2 Å². The number of anilines is 1. The molecule has 0 spiro atoms. The quantitative estimate of drug-likeness (QED) is 0.185.